The van der Waals surface area contributed by atoms with Crippen molar-refractivity contribution in [1.82, 2.24) is 0 Å². The number of halogens is 2. The van der Waals surface area contributed by atoms with Gasteiger partial charge in [-0.3, -0.25) is 0 Å². The zero-order chi connectivity index (χ0) is 28.5. The van der Waals surface area contributed by atoms with Crippen molar-refractivity contribution in [3.8, 4) is 0 Å². The molecule has 0 radical (unpaired) electrons. The normalized spacial score (nSPS) is 10.1. The van der Waals surface area contributed by atoms with Crippen molar-refractivity contribution in [2.75, 3.05) is 0 Å². The van der Waals surface area contributed by atoms with Crippen molar-refractivity contribution in [1.29, 1.82) is 0 Å². The minimum Gasteiger partial charge on any atom is -0.0620 e. The van der Waals surface area contributed by atoms with E-state index in [9.17, 15) is 0 Å². The summed E-state index contributed by atoms with van der Waals surface area (Å²) in [6, 6.07) is 65.0. The molecule has 0 aliphatic heterocycles. The Kier molecular flexibility index (Phi) is 16.4. The maximum absolute atomic E-state index is 4.81. The van der Waals surface area contributed by atoms with Gasteiger partial charge >= 0.3 is 35.0 Å². The van der Waals surface area contributed by atoms with Crippen molar-refractivity contribution in [2.24, 2.45) is 0 Å². The molecule has 0 unspecified atom stereocenters. The summed E-state index contributed by atoms with van der Waals surface area (Å²) in [7, 11) is 7.87. The summed E-state index contributed by atoms with van der Waals surface area (Å²) in [5.41, 5.74) is 0. The molecule has 6 aromatic carbocycles. The fourth-order valence-electron chi connectivity index (χ4n) is 4.63. The van der Waals surface area contributed by atoms with E-state index in [4.69, 9.17) is 19.1 Å². The molecular weight excluding hydrogens is 728 g/mol. The van der Waals surface area contributed by atoms with Crippen molar-refractivity contribution in [3.05, 3.63) is 182 Å². The SMILES string of the molecule is [Cl][Pd][Cl].[Fe].c1ccc([PH+](c2ccccc2)c2ccccc2)cc1.c1ccc([PH+](c2ccccc2)c2ccccc2)cc1. The van der Waals surface area contributed by atoms with Crippen molar-refractivity contribution in [2.45, 2.75) is 0 Å². The molecule has 0 amide bonds. The first-order valence-electron chi connectivity index (χ1n) is 13.2. The van der Waals surface area contributed by atoms with E-state index in [-0.39, 0.29) is 33.0 Å². The predicted octanol–water partition coefficient (Wildman–Crippen LogP) is 7.73. The Balaban J connectivity index is 0.000000207. The summed E-state index contributed by atoms with van der Waals surface area (Å²) < 4.78 is 0. The second-order valence-electron chi connectivity index (χ2n) is 8.99. The van der Waals surface area contributed by atoms with Crippen LogP contribution in [0.15, 0.2) is 182 Å². The van der Waals surface area contributed by atoms with E-state index in [1.165, 1.54) is 31.8 Å². The Hall–Kier alpha value is -2.06. The van der Waals surface area contributed by atoms with Crippen LogP contribution in [0.3, 0.4) is 0 Å². The number of rotatable bonds is 6. The minimum atomic E-state index is -0.877. The molecule has 0 aliphatic carbocycles. The fourth-order valence-corrected chi connectivity index (χ4v) is 9.78. The van der Waals surface area contributed by atoms with Crippen molar-refractivity contribution >= 4 is 66.7 Å². The molecule has 0 atom stereocenters. The molecule has 0 N–H and O–H groups in total. The van der Waals surface area contributed by atoms with Gasteiger partial charge < -0.3 is 0 Å². The van der Waals surface area contributed by atoms with Gasteiger partial charge in [0, 0.05) is 17.1 Å². The van der Waals surface area contributed by atoms with Gasteiger partial charge in [-0.15, -0.1) is 0 Å². The maximum atomic E-state index is 4.81. The standard InChI is InChI=1S/2C18H15P.2ClH.Fe.Pd/c2*1-4-10-16(11-5-1)19(17-12-6-2-7-13-17)18-14-8-3-9-15-18;;;;/h2*1-15H;2*1H;;/q;;;;;+2. The molecule has 6 aromatic rings. The third kappa shape index (κ3) is 10.6. The van der Waals surface area contributed by atoms with Crippen LogP contribution in [0.4, 0.5) is 0 Å². The van der Waals surface area contributed by atoms with Crippen LogP contribution in [0, 0.1) is 0 Å². The van der Waals surface area contributed by atoms with Crippen LogP contribution >= 0.6 is 34.9 Å². The molecule has 0 aromatic heterocycles. The molecule has 0 saturated carbocycles. The second-order valence-corrected chi connectivity index (χ2v) is 16.3. The molecule has 0 bridgehead atoms. The van der Waals surface area contributed by atoms with Crippen molar-refractivity contribution in [3.63, 3.8) is 0 Å². The summed E-state index contributed by atoms with van der Waals surface area (Å²) in [6.07, 6.45) is 0. The predicted molar refractivity (Wildman–Crippen MR) is 185 cm³/mol. The van der Waals surface area contributed by atoms with Crippen molar-refractivity contribution < 1.29 is 33.0 Å². The Morgan fingerprint density at radius 2 is 0.405 bits per heavy atom. The average Bonchev–Trinajstić information content (AvgIpc) is 3.05. The summed E-state index contributed by atoms with van der Waals surface area (Å²) >= 11 is -0.106. The summed E-state index contributed by atoms with van der Waals surface area (Å²) in [6.45, 7) is 0. The average molecular weight is 760 g/mol. The first kappa shape index (κ1) is 34.4. The Morgan fingerprint density at radius 1 is 0.286 bits per heavy atom. The first-order chi connectivity index (χ1) is 20.3. The molecule has 216 valence electrons. The van der Waals surface area contributed by atoms with E-state index in [1.54, 1.807) is 0 Å². The third-order valence-electron chi connectivity index (χ3n) is 6.37. The fraction of sp³-hybridized carbons (Fsp3) is 0. The van der Waals surface area contributed by atoms with Crippen LogP contribution in [0.2, 0.25) is 0 Å². The van der Waals surface area contributed by atoms with Gasteiger partial charge in [-0.2, -0.15) is 0 Å². The van der Waals surface area contributed by atoms with Crippen LogP contribution in [0.1, 0.15) is 0 Å². The number of hydrogen-bond donors (Lipinski definition) is 0. The van der Waals surface area contributed by atoms with E-state index < -0.39 is 15.8 Å². The Bertz CT molecular complexity index is 1210. The van der Waals surface area contributed by atoms with Crippen LogP contribution in [0.5, 0.6) is 0 Å². The molecule has 0 fully saturated rings. The van der Waals surface area contributed by atoms with E-state index in [1.807, 2.05) is 0 Å². The van der Waals surface area contributed by atoms with Crippen LogP contribution in [-0.2, 0) is 33.0 Å². The van der Waals surface area contributed by atoms with E-state index in [0.29, 0.717) is 0 Å². The van der Waals surface area contributed by atoms with E-state index >= 15 is 0 Å². The topological polar surface area (TPSA) is 0 Å². The number of hydrogen-bond acceptors (Lipinski definition) is 0. The minimum absolute atomic E-state index is 0. The molecule has 6 rings (SSSR count). The molecule has 0 nitrogen and oxygen atoms in total. The molecule has 0 aliphatic rings. The first-order valence-corrected chi connectivity index (χ1v) is 20.2. The van der Waals surface area contributed by atoms with Gasteiger partial charge in [0.15, 0.2) is 0 Å². The Morgan fingerprint density at radius 3 is 0.524 bits per heavy atom. The monoisotopic (exact) mass is 758 g/mol. The van der Waals surface area contributed by atoms with Gasteiger partial charge in [0.1, 0.15) is 31.8 Å². The molecule has 6 heteroatoms. The second kappa shape index (κ2) is 20.0. The molecule has 42 heavy (non-hydrogen) atoms. The van der Waals surface area contributed by atoms with E-state index in [2.05, 4.69) is 182 Å². The van der Waals surface area contributed by atoms with Gasteiger partial charge in [0.2, 0.25) is 0 Å². The molecule has 0 spiro atoms. The van der Waals surface area contributed by atoms with Gasteiger partial charge in [-0.25, -0.2) is 0 Å². The Labute approximate surface area is 279 Å². The summed E-state index contributed by atoms with van der Waals surface area (Å²) in [4.78, 5) is 0. The zero-order valence-electron chi connectivity index (χ0n) is 22.7. The van der Waals surface area contributed by atoms with E-state index in [0.717, 1.165) is 0 Å². The van der Waals surface area contributed by atoms with Crippen LogP contribution in [0.25, 0.3) is 0 Å². The summed E-state index contributed by atoms with van der Waals surface area (Å²) in [5.74, 6) is 0. The van der Waals surface area contributed by atoms with Gasteiger partial charge in [0.25, 0.3) is 0 Å². The van der Waals surface area contributed by atoms with Gasteiger partial charge in [0.05, 0.1) is 15.8 Å². The van der Waals surface area contributed by atoms with Crippen LogP contribution in [-0.4, -0.2) is 0 Å². The molecular formula is C36H32Cl2FeP2Pd+2. The largest absolute Gasteiger partial charge is 0.102 e. The van der Waals surface area contributed by atoms with Crippen LogP contribution < -0.4 is 31.8 Å². The number of benzene rings is 6. The van der Waals surface area contributed by atoms with Gasteiger partial charge in [-0.05, 0) is 72.8 Å². The smallest absolute Gasteiger partial charge is 0.0620 e. The zero-order valence-corrected chi connectivity index (χ0v) is 28.9. The van der Waals surface area contributed by atoms with Gasteiger partial charge in [-0.1, -0.05) is 109 Å². The quantitative estimate of drug-likeness (QED) is 0.121. The maximum Gasteiger partial charge on any atom is 0.102 e. The molecule has 0 saturated heterocycles. The summed E-state index contributed by atoms with van der Waals surface area (Å²) in [5, 5.41) is 8.61. The third-order valence-corrected chi connectivity index (χ3v) is 11.8. The molecule has 0 heterocycles.